The molecule has 1 amide bonds. The number of carbonyl (C=O) groups excluding carboxylic acids is 1. The van der Waals surface area contributed by atoms with E-state index < -0.39 is 10.0 Å². The molecule has 0 radical (unpaired) electrons. The zero-order chi connectivity index (χ0) is 20.6. The fourth-order valence-corrected chi connectivity index (χ4v) is 5.41. The number of amides is 1. The first-order valence-corrected chi connectivity index (χ1v) is 11.4. The average molecular weight is 412 g/mol. The van der Waals surface area contributed by atoms with Gasteiger partial charge in [-0.1, -0.05) is 36.4 Å². The summed E-state index contributed by atoms with van der Waals surface area (Å²) in [6.45, 7) is 5.19. The molecule has 7 heteroatoms. The number of sulfonamides is 1. The number of hydrogen-bond donors (Lipinski definition) is 1. The summed E-state index contributed by atoms with van der Waals surface area (Å²) in [6.07, 6.45) is 1.60. The number of likely N-dealkylation sites (tertiary alicyclic amines) is 1. The van der Waals surface area contributed by atoms with Gasteiger partial charge in [-0.15, -0.1) is 4.40 Å². The molecule has 2 aliphatic rings. The van der Waals surface area contributed by atoms with Gasteiger partial charge >= 0.3 is 0 Å². The Kier molecular flexibility index (Phi) is 5.17. The summed E-state index contributed by atoms with van der Waals surface area (Å²) in [5.74, 6) is 0.263. The lowest BCUT2D eigenvalue weighted by molar-refractivity contribution is -0.126. The number of nitrogens with zero attached hydrogens (tertiary/aromatic N) is 2. The molecule has 0 bridgehead atoms. The van der Waals surface area contributed by atoms with E-state index in [1.165, 1.54) is 0 Å². The second kappa shape index (κ2) is 7.63. The van der Waals surface area contributed by atoms with Crippen molar-refractivity contribution in [2.24, 2.45) is 10.3 Å². The molecule has 2 atom stereocenters. The fraction of sp³-hybridized carbons (Fsp3) is 0.364. The minimum absolute atomic E-state index is 0.000178. The average Bonchev–Trinajstić information content (AvgIpc) is 3.00. The summed E-state index contributed by atoms with van der Waals surface area (Å²) in [6, 6.07) is 14.8. The summed E-state index contributed by atoms with van der Waals surface area (Å²) in [7, 11) is -3.66. The molecule has 1 saturated heterocycles. The summed E-state index contributed by atoms with van der Waals surface area (Å²) < 4.78 is 28.7. The van der Waals surface area contributed by atoms with Crippen LogP contribution in [0.1, 0.15) is 42.5 Å². The molecule has 1 N–H and O–H groups in total. The van der Waals surface area contributed by atoms with Gasteiger partial charge in [-0.3, -0.25) is 4.79 Å². The third kappa shape index (κ3) is 3.79. The number of piperidine rings is 1. The van der Waals surface area contributed by atoms with Crippen molar-refractivity contribution in [2.75, 3.05) is 13.1 Å². The number of benzene rings is 2. The van der Waals surface area contributed by atoms with Crippen LogP contribution in [0.15, 0.2) is 57.8 Å². The maximum Gasteiger partial charge on any atom is 0.285 e. The Morgan fingerprint density at radius 3 is 2.69 bits per heavy atom. The highest BCUT2D eigenvalue weighted by molar-refractivity contribution is 7.90. The lowest BCUT2D eigenvalue weighted by Gasteiger charge is -2.34. The van der Waals surface area contributed by atoms with E-state index in [1.807, 2.05) is 49.1 Å². The molecule has 0 aliphatic carbocycles. The maximum absolute atomic E-state index is 12.9. The number of fused-ring (bicyclic) bond motifs is 1. The molecule has 0 saturated carbocycles. The Hall–Kier alpha value is -2.67. The predicted molar refractivity (Wildman–Crippen MR) is 112 cm³/mol. The van der Waals surface area contributed by atoms with Gasteiger partial charge in [-0.25, -0.2) is 0 Å². The number of amidine groups is 1. The van der Waals surface area contributed by atoms with E-state index in [4.69, 9.17) is 0 Å². The van der Waals surface area contributed by atoms with Crippen molar-refractivity contribution in [3.8, 4) is 0 Å². The monoisotopic (exact) mass is 411 g/mol. The van der Waals surface area contributed by atoms with Gasteiger partial charge in [0.2, 0.25) is 5.91 Å². The number of aryl methyl sites for hydroxylation is 1. The molecular weight excluding hydrogens is 386 g/mol. The Labute approximate surface area is 171 Å². The molecule has 2 aromatic carbocycles. The number of nitrogens with one attached hydrogen (secondary N) is 1. The number of hydrogen-bond acceptors (Lipinski definition) is 4. The second-order valence-corrected chi connectivity index (χ2v) is 9.33. The third-order valence-electron chi connectivity index (χ3n) is 5.72. The highest BCUT2D eigenvalue weighted by Crippen LogP contribution is 2.30. The Balaban J connectivity index is 1.49. The predicted octanol–water partition coefficient (Wildman–Crippen LogP) is 3.03. The van der Waals surface area contributed by atoms with Crippen LogP contribution < -0.4 is 5.32 Å². The lowest BCUT2D eigenvalue weighted by Crippen LogP contribution is -2.45. The van der Waals surface area contributed by atoms with Crippen LogP contribution in [0.3, 0.4) is 0 Å². The highest BCUT2D eigenvalue weighted by Gasteiger charge is 2.35. The van der Waals surface area contributed by atoms with Crippen molar-refractivity contribution >= 4 is 21.8 Å². The van der Waals surface area contributed by atoms with Crippen LogP contribution in [-0.2, 0) is 14.8 Å². The smallest absolute Gasteiger partial charge is 0.285 e. The van der Waals surface area contributed by atoms with Gasteiger partial charge in [0.05, 0.1) is 12.0 Å². The van der Waals surface area contributed by atoms with Crippen molar-refractivity contribution in [2.45, 2.75) is 37.6 Å². The van der Waals surface area contributed by atoms with Crippen LogP contribution in [0.4, 0.5) is 0 Å². The van der Waals surface area contributed by atoms with E-state index in [9.17, 15) is 13.2 Å². The summed E-state index contributed by atoms with van der Waals surface area (Å²) >= 11 is 0. The van der Waals surface area contributed by atoms with Crippen molar-refractivity contribution in [3.05, 3.63) is 65.2 Å². The molecule has 6 nitrogen and oxygen atoms in total. The van der Waals surface area contributed by atoms with Gasteiger partial charge in [-0.05, 0) is 49.9 Å². The van der Waals surface area contributed by atoms with E-state index in [-0.39, 0.29) is 22.8 Å². The molecule has 0 aromatic heterocycles. The second-order valence-electron chi connectivity index (χ2n) is 7.76. The fourth-order valence-electron chi connectivity index (χ4n) is 4.18. The standard InChI is InChI=1S/C22H25N3O3S/c1-15-8-3-4-10-18(15)16(2)23-22(26)17-9-7-13-25(14-17)21-19-11-5-6-12-20(19)29(27,28)24-21/h3-6,8,10-12,16-17H,7,9,13-14H2,1-2H3,(H,23,26). The summed E-state index contributed by atoms with van der Waals surface area (Å²) in [4.78, 5) is 15.1. The van der Waals surface area contributed by atoms with Gasteiger partial charge in [0.1, 0.15) is 4.90 Å². The molecular formula is C22H25N3O3S. The van der Waals surface area contributed by atoms with E-state index in [0.29, 0.717) is 24.5 Å². The molecule has 2 aromatic rings. The zero-order valence-electron chi connectivity index (χ0n) is 16.6. The first-order valence-electron chi connectivity index (χ1n) is 9.92. The lowest BCUT2D eigenvalue weighted by atomic mass is 9.95. The largest absolute Gasteiger partial charge is 0.355 e. The van der Waals surface area contributed by atoms with Crippen LogP contribution in [0.5, 0.6) is 0 Å². The van der Waals surface area contributed by atoms with Gasteiger partial charge in [-0.2, -0.15) is 8.42 Å². The van der Waals surface area contributed by atoms with Crippen LogP contribution in [0.25, 0.3) is 0 Å². The molecule has 2 aliphatic heterocycles. The van der Waals surface area contributed by atoms with Crippen molar-refractivity contribution in [3.63, 3.8) is 0 Å². The quantitative estimate of drug-likeness (QED) is 0.842. The van der Waals surface area contributed by atoms with Crippen LogP contribution >= 0.6 is 0 Å². The van der Waals surface area contributed by atoms with E-state index in [1.54, 1.807) is 18.2 Å². The molecule has 1 fully saturated rings. The van der Waals surface area contributed by atoms with Crippen LogP contribution in [-0.4, -0.2) is 38.2 Å². The highest BCUT2D eigenvalue weighted by atomic mass is 32.2. The normalized spacial score (nSPS) is 21.2. The molecule has 2 heterocycles. The minimum atomic E-state index is -3.66. The minimum Gasteiger partial charge on any atom is -0.355 e. The first-order chi connectivity index (χ1) is 13.9. The van der Waals surface area contributed by atoms with Crippen LogP contribution in [0.2, 0.25) is 0 Å². The molecule has 0 spiro atoms. The summed E-state index contributed by atoms with van der Waals surface area (Å²) in [5, 5.41) is 3.13. The Morgan fingerprint density at radius 2 is 1.90 bits per heavy atom. The topological polar surface area (TPSA) is 78.8 Å². The van der Waals surface area contributed by atoms with Gasteiger partial charge in [0.15, 0.2) is 5.84 Å². The number of rotatable bonds is 3. The van der Waals surface area contributed by atoms with E-state index in [0.717, 1.165) is 24.0 Å². The van der Waals surface area contributed by atoms with Crippen molar-refractivity contribution in [1.82, 2.24) is 10.2 Å². The van der Waals surface area contributed by atoms with Gasteiger partial charge in [0, 0.05) is 18.7 Å². The molecule has 2 unspecified atom stereocenters. The first kappa shape index (κ1) is 19.6. The van der Waals surface area contributed by atoms with Crippen LogP contribution in [0, 0.1) is 12.8 Å². The molecule has 152 valence electrons. The van der Waals surface area contributed by atoms with E-state index in [2.05, 4.69) is 9.71 Å². The van der Waals surface area contributed by atoms with Crippen molar-refractivity contribution in [1.29, 1.82) is 0 Å². The van der Waals surface area contributed by atoms with Gasteiger partial charge < -0.3 is 10.2 Å². The third-order valence-corrected chi connectivity index (χ3v) is 7.04. The van der Waals surface area contributed by atoms with E-state index >= 15 is 0 Å². The van der Waals surface area contributed by atoms with Gasteiger partial charge in [0.25, 0.3) is 10.0 Å². The number of carbonyl (C=O) groups is 1. The van der Waals surface area contributed by atoms with Crippen molar-refractivity contribution < 1.29 is 13.2 Å². The molecule has 4 rings (SSSR count). The Morgan fingerprint density at radius 1 is 1.17 bits per heavy atom. The SMILES string of the molecule is Cc1ccccc1C(C)NC(=O)C1CCCN(C2=NS(=O)(=O)c3ccccc32)C1. The Bertz CT molecular complexity index is 1080. The summed E-state index contributed by atoms with van der Waals surface area (Å²) in [5.41, 5.74) is 2.88. The maximum atomic E-state index is 12.9. The zero-order valence-corrected chi connectivity index (χ0v) is 17.4. The molecule has 29 heavy (non-hydrogen) atoms.